The molecule has 2 N–H and O–H groups in total. The molecule has 0 saturated carbocycles. The second-order valence-electron chi connectivity index (χ2n) is 5.92. The van der Waals surface area contributed by atoms with Gasteiger partial charge in [-0.2, -0.15) is 0 Å². The summed E-state index contributed by atoms with van der Waals surface area (Å²) in [5, 5.41) is 15.8. The summed E-state index contributed by atoms with van der Waals surface area (Å²) < 4.78 is 23.0. The number of nitro groups is 1. The van der Waals surface area contributed by atoms with Gasteiger partial charge in [0.2, 0.25) is 15.9 Å². The van der Waals surface area contributed by atoms with Crippen LogP contribution in [0.4, 0.5) is 5.69 Å². The number of hydrogen-bond acceptors (Lipinski definition) is 5. The molecule has 2 aromatic rings. The van der Waals surface area contributed by atoms with Gasteiger partial charge in [-0.25, -0.2) is 13.6 Å². The fourth-order valence-corrected chi connectivity index (χ4v) is 2.93. The molecule has 8 nitrogen and oxygen atoms in total. The fraction of sp³-hybridized carbons (Fsp3) is 0.167. The smallest absolute Gasteiger partial charge is 0.269 e. The number of carbonyl (C=O) groups is 1. The van der Waals surface area contributed by atoms with Gasteiger partial charge in [0.15, 0.2) is 0 Å². The van der Waals surface area contributed by atoms with Gasteiger partial charge in [0, 0.05) is 25.3 Å². The monoisotopic (exact) mass is 389 g/mol. The lowest BCUT2D eigenvalue weighted by Gasteiger charge is -2.24. The van der Waals surface area contributed by atoms with Crippen LogP contribution in [0.15, 0.2) is 59.5 Å². The predicted octanol–water partition coefficient (Wildman–Crippen LogP) is 2.48. The lowest BCUT2D eigenvalue weighted by Crippen LogP contribution is -2.28. The topological polar surface area (TPSA) is 124 Å². The van der Waals surface area contributed by atoms with E-state index in [0.717, 1.165) is 0 Å². The molecule has 0 radical (unpaired) electrons. The van der Waals surface area contributed by atoms with E-state index in [1.165, 1.54) is 35.2 Å². The predicted molar refractivity (Wildman–Crippen MR) is 101 cm³/mol. The molecule has 27 heavy (non-hydrogen) atoms. The van der Waals surface area contributed by atoms with E-state index < -0.39 is 14.9 Å². The Hall–Kier alpha value is -3.04. The molecule has 0 heterocycles. The third-order valence-corrected chi connectivity index (χ3v) is 5.03. The van der Waals surface area contributed by atoms with Crippen molar-refractivity contribution in [2.75, 3.05) is 7.05 Å². The molecule has 0 saturated heterocycles. The van der Waals surface area contributed by atoms with Crippen molar-refractivity contribution in [3.8, 4) is 0 Å². The van der Waals surface area contributed by atoms with Crippen LogP contribution in [0.2, 0.25) is 0 Å². The lowest BCUT2D eigenvalue weighted by atomic mass is 10.1. The number of rotatable bonds is 6. The molecule has 0 aliphatic carbocycles. The molecule has 0 spiro atoms. The number of nitrogens with two attached hydrogens (primary N) is 1. The summed E-state index contributed by atoms with van der Waals surface area (Å²) in [7, 11) is -2.23. The first-order chi connectivity index (χ1) is 12.6. The molecule has 142 valence electrons. The summed E-state index contributed by atoms with van der Waals surface area (Å²) in [5.41, 5.74) is 1.24. The van der Waals surface area contributed by atoms with Crippen molar-refractivity contribution >= 4 is 27.7 Å². The maximum Gasteiger partial charge on any atom is 0.269 e. The van der Waals surface area contributed by atoms with Crippen molar-refractivity contribution in [2.45, 2.75) is 17.9 Å². The van der Waals surface area contributed by atoms with Crippen LogP contribution in [0.3, 0.4) is 0 Å². The zero-order valence-electron chi connectivity index (χ0n) is 14.8. The molecule has 0 aliphatic rings. The van der Waals surface area contributed by atoms with Gasteiger partial charge in [-0.1, -0.05) is 12.1 Å². The SMILES string of the molecule is CC(c1cccc(S(N)(=O)=O)c1)N(C)C(=O)C=Cc1ccc([N+](=O)[O-])cc1. The highest BCUT2D eigenvalue weighted by Gasteiger charge is 2.17. The van der Waals surface area contributed by atoms with E-state index in [9.17, 15) is 23.3 Å². The van der Waals surface area contributed by atoms with E-state index in [1.807, 2.05) is 0 Å². The molecule has 1 atom stereocenters. The van der Waals surface area contributed by atoms with Gasteiger partial charge >= 0.3 is 0 Å². The fourth-order valence-electron chi connectivity index (χ4n) is 2.36. The summed E-state index contributed by atoms with van der Waals surface area (Å²) in [5.74, 6) is -0.304. The highest BCUT2D eigenvalue weighted by molar-refractivity contribution is 7.89. The minimum absolute atomic E-state index is 0.0193. The number of amides is 1. The second kappa shape index (κ2) is 8.11. The summed E-state index contributed by atoms with van der Waals surface area (Å²) in [6.07, 6.45) is 2.90. The van der Waals surface area contributed by atoms with E-state index in [0.29, 0.717) is 11.1 Å². The Morgan fingerprint density at radius 2 is 1.85 bits per heavy atom. The molecule has 0 aromatic heterocycles. The van der Waals surface area contributed by atoms with Crippen molar-refractivity contribution in [1.29, 1.82) is 0 Å². The van der Waals surface area contributed by atoms with Gasteiger partial charge in [-0.15, -0.1) is 0 Å². The zero-order valence-corrected chi connectivity index (χ0v) is 15.6. The first-order valence-electron chi connectivity index (χ1n) is 7.91. The maximum atomic E-state index is 12.4. The average Bonchev–Trinajstić information content (AvgIpc) is 2.64. The number of primary sulfonamides is 1. The van der Waals surface area contributed by atoms with E-state index in [-0.39, 0.29) is 22.5 Å². The second-order valence-corrected chi connectivity index (χ2v) is 7.49. The summed E-state index contributed by atoms with van der Waals surface area (Å²) in [4.78, 5) is 24.0. The molecular formula is C18H19N3O5S. The average molecular weight is 389 g/mol. The number of non-ortho nitro benzene ring substituents is 1. The van der Waals surface area contributed by atoms with Crippen molar-refractivity contribution in [3.05, 3.63) is 75.8 Å². The van der Waals surface area contributed by atoms with Crippen molar-refractivity contribution < 1.29 is 18.1 Å². The molecule has 2 rings (SSSR count). The number of sulfonamides is 1. The largest absolute Gasteiger partial charge is 0.335 e. The van der Waals surface area contributed by atoms with Gasteiger partial charge < -0.3 is 4.90 Å². The standard InChI is InChI=1S/C18H19N3O5S/c1-13(15-4-3-5-17(12-15)27(19,25)26)20(2)18(22)11-8-14-6-9-16(10-7-14)21(23)24/h3-13H,1-2H3,(H2,19,25,26). The normalized spacial score (nSPS) is 12.7. The van der Waals surface area contributed by atoms with Gasteiger partial charge in [-0.05, 0) is 48.4 Å². The number of nitro benzene ring substituents is 1. The summed E-state index contributed by atoms with van der Waals surface area (Å²) >= 11 is 0. The number of carbonyl (C=O) groups excluding carboxylic acids is 1. The Labute approximate surface area is 157 Å². The molecule has 1 amide bonds. The van der Waals surface area contributed by atoms with Crippen molar-refractivity contribution in [3.63, 3.8) is 0 Å². The molecule has 0 bridgehead atoms. The highest BCUT2D eigenvalue weighted by Crippen LogP contribution is 2.22. The van der Waals surface area contributed by atoms with Crippen LogP contribution in [0.1, 0.15) is 24.1 Å². The minimum Gasteiger partial charge on any atom is -0.335 e. The first-order valence-corrected chi connectivity index (χ1v) is 9.46. The van der Waals surface area contributed by atoms with Gasteiger partial charge in [0.1, 0.15) is 0 Å². The zero-order chi connectivity index (χ0) is 20.2. The quantitative estimate of drug-likeness (QED) is 0.462. The Kier molecular flexibility index (Phi) is 6.09. The van der Waals surface area contributed by atoms with Crippen LogP contribution in [-0.4, -0.2) is 31.2 Å². The van der Waals surface area contributed by atoms with E-state index in [2.05, 4.69) is 0 Å². The van der Waals surface area contributed by atoms with E-state index in [1.54, 1.807) is 44.3 Å². The van der Waals surface area contributed by atoms with E-state index >= 15 is 0 Å². The Balaban J connectivity index is 2.13. The molecular weight excluding hydrogens is 370 g/mol. The number of nitrogens with zero attached hydrogens (tertiary/aromatic N) is 2. The Morgan fingerprint density at radius 1 is 1.22 bits per heavy atom. The summed E-state index contributed by atoms with van der Waals surface area (Å²) in [6, 6.07) is 11.5. The highest BCUT2D eigenvalue weighted by atomic mass is 32.2. The van der Waals surface area contributed by atoms with Crippen LogP contribution in [-0.2, 0) is 14.8 Å². The minimum atomic E-state index is -3.83. The maximum absolute atomic E-state index is 12.4. The lowest BCUT2D eigenvalue weighted by molar-refractivity contribution is -0.384. The van der Waals surface area contributed by atoms with Crippen molar-refractivity contribution in [1.82, 2.24) is 4.90 Å². The number of hydrogen-bond donors (Lipinski definition) is 1. The Morgan fingerprint density at radius 3 is 2.41 bits per heavy atom. The molecule has 0 aliphatic heterocycles. The van der Waals surface area contributed by atoms with Crippen LogP contribution in [0.25, 0.3) is 6.08 Å². The van der Waals surface area contributed by atoms with Gasteiger partial charge in [-0.3, -0.25) is 14.9 Å². The molecule has 9 heteroatoms. The number of benzene rings is 2. The molecule has 0 fully saturated rings. The molecule has 1 unspecified atom stereocenters. The Bertz CT molecular complexity index is 984. The third-order valence-electron chi connectivity index (χ3n) is 4.12. The third kappa shape index (κ3) is 5.22. The summed E-state index contributed by atoms with van der Waals surface area (Å²) in [6.45, 7) is 1.76. The van der Waals surface area contributed by atoms with Crippen LogP contribution in [0.5, 0.6) is 0 Å². The van der Waals surface area contributed by atoms with E-state index in [4.69, 9.17) is 5.14 Å². The van der Waals surface area contributed by atoms with Crippen LogP contribution >= 0.6 is 0 Å². The first kappa shape index (κ1) is 20.3. The molecule has 2 aromatic carbocycles. The van der Waals surface area contributed by atoms with Crippen molar-refractivity contribution in [2.24, 2.45) is 5.14 Å². The van der Waals surface area contributed by atoms with Gasteiger partial charge in [0.05, 0.1) is 15.9 Å². The van der Waals surface area contributed by atoms with Crippen LogP contribution < -0.4 is 5.14 Å². The number of likely N-dealkylation sites (N-methyl/N-ethyl adjacent to an activating group) is 1. The van der Waals surface area contributed by atoms with Crippen LogP contribution in [0, 0.1) is 10.1 Å². The van der Waals surface area contributed by atoms with Gasteiger partial charge in [0.25, 0.3) is 5.69 Å².